The molecule has 1 N–H and O–H groups in total. The third kappa shape index (κ3) is 5.96. The number of rotatable bonds is 8. The summed E-state index contributed by atoms with van der Waals surface area (Å²) in [6.45, 7) is 4.22. The van der Waals surface area contributed by atoms with Crippen LogP contribution in [-0.4, -0.2) is 17.6 Å². The van der Waals surface area contributed by atoms with E-state index in [0.29, 0.717) is 6.61 Å². The minimum absolute atomic E-state index is 0.00357. The molecule has 0 unspecified atom stereocenters. The number of carbonyl (C=O) groups is 1. The Hall–Kier alpha value is -3.71. The molecule has 0 bridgehead atoms. The Morgan fingerprint density at radius 2 is 1.76 bits per heavy atom. The first-order chi connectivity index (χ1) is 16.1. The average molecular weight is 440 g/mol. The molecule has 33 heavy (non-hydrogen) atoms. The predicted octanol–water partition coefficient (Wildman–Crippen LogP) is 5.80. The lowest BCUT2D eigenvalue weighted by Crippen LogP contribution is -2.28. The topological polar surface area (TPSA) is 49.8 Å². The van der Waals surface area contributed by atoms with Crippen LogP contribution in [0.4, 0.5) is 5.69 Å². The summed E-state index contributed by atoms with van der Waals surface area (Å²) in [4.78, 5) is 13.5. The molecular weight excluding hydrogens is 410 g/mol. The lowest BCUT2D eigenvalue weighted by Gasteiger charge is -2.31. The first-order valence-electron chi connectivity index (χ1n) is 11.4. The van der Waals surface area contributed by atoms with E-state index in [1.807, 2.05) is 24.3 Å². The molecule has 0 spiro atoms. The molecule has 1 atom stereocenters. The zero-order valence-corrected chi connectivity index (χ0v) is 19.0. The van der Waals surface area contributed by atoms with Crippen molar-refractivity contribution < 1.29 is 14.6 Å². The van der Waals surface area contributed by atoms with E-state index in [1.165, 1.54) is 23.2 Å². The maximum absolute atomic E-state index is 11.1. The van der Waals surface area contributed by atoms with Gasteiger partial charge in [-0.05, 0) is 60.2 Å². The molecular formula is C29H29NO3. The van der Waals surface area contributed by atoms with Gasteiger partial charge in [-0.25, -0.2) is 0 Å². The first-order valence-corrected chi connectivity index (χ1v) is 11.4. The van der Waals surface area contributed by atoms with Gasteiger partial charge in [0, 0.05) is 18.8 Å². The van der Waals surface area contributed by atoms with Crippen molar-refractivity contribution in [3.05, 3.63) is 95.1 Å². The molecule has 0 amide bonds. The Bertz CT molecular complexity index is 1140. The second-order valence-electron chi connectivity index (χ2n) is 8.37. The second kappa shape index (κ2) is 10.7. The SMILES string of the molecule is CC#C[C@@H](CC(=O)O)c1ccc(OCc2ccc(CN3CCCc4ccccc43)cc2)cc1. The molecule has 0 radical (unpaired) electrons. The molecule has 0 fully saturated rings. The Morgan fingerprint density at radius 1 is 1.03 bits per heavy atom. The zero-order chi connectivity index (χ0) is 23.0. The van der Waals surface area contributed by atoms with Crippen LogP contribution in [0.1, 0.15) is 47.9 Å². The fraction of sp³-hybridized carbons (Fsp3) is 0.276. The molecule has 3 aromatic rings. The van der Waals surface area contributed by atoms with Crippen molar-refractivity contribution in [1.82, 2.24) is 0 Å². The normalized spacial score (nSPS) is 13.4. The van der Waals surface area contributed by atoms with Crippen LogP contribution in [0.15, 0.2) is 72.8 Å². The standard InChI is InChI=1S/C29H29NO3/c1-2-6-26(19-29(31)32)24-14-16-27(17-15-24)33-21-23-12-10-22(11-13-23)20-30-18-5-8-25-7-3-4-9-28(25)30/h3-4,7,9-17,26H,5,8,18-21H2,1H3,(H,31,32)/t26-/m0/s1. The van der Waals surface area contributed by atoms with Crippen LogP contribution in [0.25, 0.3) is 0 Å². The summed E-state index contributed by atoms with van der Waals surface area (Å²) in [5.41, 5.74) is 6.09. The van der Waals surface area contributed by atoms with Crippen LogP contribution in [0.2, 0.25) is 0 Å². The van der Waals surface area contributed by atoms with E-state index in [4.69, 9.17) is 9.84 Å². The molecule has 0 saturated carbocycles. The summed E-state index contributed by atoms with van der Waals surface area (Å²) in [7, 11) is 0. The number of anilines is 1. The van der Waals surface area contributed by atoms with Gasteiger partial charge in [-0.3, -0.25) is 4.79 Å². The van der Waals surface area contributed by atoms with Crippen molar-refractivity contribution >= 4 is 11.7 Å². The van der Waals surface area contributed by atoms with Crippen molar-refractivity contribution in [1.29, 1.82) is 0 Å². The van der Waals surface area contributed by atoms with Crippen molar-refractivity contribution in [2.75, 3.05) is 11.4 Å². The highest BCUT2D eigenvalue weighted by Gasteiger charge is 2.16. The molecule has 1 aliphatic heterocycles. The molecule has 4 heteroatoms. The van der Waals surface area contributed by atoms with E-state index < -0.39 is 5.97 Å². The van der Waals surface area contributed by atoms with Crippen LogP contribution in [0.3, 0.4) is 0 Å². The van der Waals surface area contributed by atoms with Gasteiger partial charge in [0.05, 0.1) is 12.3 Å². The van der Waals surface area contributed by atoms with Gasteiger partial charge in [-0.2, -0.15) is 0 Å². The molecule has 4 nitrogen and oxygen atoms in total. The second-order valence-corrected chi connectivity index (χ2v) is 8.37. The highest BCUT2D eigenvalue weighted by atomic mass is 16.5. The summed E-state index contributed by atoms with van der Waals surface area (Å²) >= 11 is 0. The van der Waals surface area contributed by atoms with Crippen LogP contribution < -0.4 is 9.64 Å². The van der Waals surface area contributed by atoms with Gasteiger partial charge in [-0.1, -0.05) is 60.5 Å². The quantitative estimate of drug-likeness (QED) is 0.451. The summed E-state index contributed by atoms with van der Waals surface area (Å²) < 4.78 is 5.94. The van der Waals surface area contributed by atoms with Crippen molar-refractivity contribution in [3.8, 4) is 17.6 Å². The van der Waals surface area contributed by atoms with Crippen LogP contribution in [0.5, 0.6) is 5.75 Å². The Balaban J connectivity index is 1.33. The number of aryl methyl sites for hydroxylation is 1. The smallest absolute Gasteiger partial charge is 0.304 e. The largest absolute Gasteiger partial charge is 0.489 e. The third-order valence-electron chi connectivity index (χ3n) is 5.99. The molecule has 4 rings (SSSR count). The van der Waals surface area contributed by atoms with Crippen molar-refractivity contribution in [3.63, 3.8) is 0 Å². The molecule has 0 aliphatic carbocycles. The van der Waals surface area contributed by atoms with E-state index >= 15 is 0 Å². The van der Waals surface area contributed by atoms with E-state index in [0.717, 1.165) is 36.4 Å². The number of para-hydroxylation sites is 1. The first kappa shape index (κ1) is 22.5. The Labute approximate surface area is 195 Å². The molecule has 1 aliphatic rings. The number of hydrogen-bond donors (Lipinski definition) is 1. The fourth-order valence-corrected chi connectivity index (χ4v) is 4.30. The van der Waals surface area contributed by atoms with Gasteiger partial charge in [0.25, 0.3) is 0 Å². The van der Waals surface area contributed by atoms with Gasteiger partial charge in [-0.15, -0.1) is 5.92 Å². The zero-order valence-electron chi connectivity index (χ0n) is 19.0. The Kier molecular flexibility index (Phi) is 7.32. The predicted molar refractivity (Wildman–Crippen MR) is 131 cm³/mol. The third-order valence-corrected chi connectivity index (χ3v) is 5.99. The van der Waals surface area contributed by atoms with Gasteiger partial charge >= 0.3 is 5.97 Å². The monoisotopic (exact) mass is 439 g/mol. The molecule has 1 heterocycles. The molecule has 168 valence electrons. The summed E-state index contributed by atoms with van der Waals surface area (Å²) in [6.07, 6.45) is 2.36. The number of nitrogens with zero attached hydrogens (tertiary/aromatic N) is 1. The highest BCUT2D eigenvalue weighted by Crippen LogP contribution is 2.28. The fourth-order valence-electron chi connectivity index (χ4n) is 4.30. The minimum atomic E-state index is -0.851. The molecule has 3 aromatic carbocycles. The van der Waals surface area contributed by atoms with E-state index in [2.05, 4.69) is 65.3 Å². The molecule has 0 saturated heterocycles. The van der Waals surface area contributed by atoms with Gasteiger partial charge in [0.1, 0.15) is 12.4 Å². The maximum atomic E-state index is 11.1. The lowest BCUT2D eigenvalue weighted by molar-refractivity contribution is -0.137. The molecule has 0 aromatic heterocycles. The van der Waals surface area contributed by atoms with Gasteiger partial charge < -0.3 is 14.7 Å². The lowest BCUT2D eigenvalue weighted by atomic mass is 9.96. The Morgan fingerprint density at radius 3 is 2.48 bits per heavy atom. The number of hydrogen-bond acceptors (Lipinski definition) is 3. The van der Waals surface area contributed by atoms with Gasteiger partial charge in [0.15, 0.2) is 0 Å². The van der Waals surface area contributed by atoms with Crippen LogP contribution >= 0.6 is 0 Å². The number of aliphatic carboxylic acids is 1. The minimum Gasteiger partial charge on any atom is -0.489 e. The summed E-state index contributed by atoms with van der Waals surface area (Å²) in [5.74, 6) is 5.39. The van der Waals surface area contributed by atoms with Gasteiger partial charge in [0.2, 0.25) is 0 Å². The number of carboxylic acids is 1. The maximum Gasteiger partial charge on any atom is 0.304 e. The van der Waals surface area contributed by atoms with E-state index in [1.54, 1.807) is 6.92 Å². The summed E-state index contributed by atoms with van der Waals surface area (Å²) in [5, 5.41) is 9.10. The number of benzene rings is 3. The summed E-state index contributed by atoms with van der Waals surface area (Å²) in [6, 6.07) is 24.9. The van der Waals surface area contributed by atoms with Crippen molar-refractivity contribution in [2.45, 2.75) is 45.3 Å². The van der Waals surface area contributed by atoms with E-state index in [-0.39, 0.29) is 12.3 Å². The average Bonchev–Trinajstić information content (AvgIpc) is 2.84. The number of fused-ring (bicyclic) bond motifs is 1. The van der Waals surface area contributed by atoms with E-state index in [9.17, 15) is 4.79 Å². The highest BCUT2D eigenvalue weighted by molar-refractivity contribution is 5.69. The number of ether oxygens (including phenoxy) is 1. The van der Waals surface area contributed by atoms with Crippen LogP contribution in [0, 0.1) is 11.8 Å². The van der Waals surface area contributed by atoms with Crippen LogP contribution in [-0.2, 0) is 24.4 Å². The number of carboxylic acid groups (broad SMARTS) is 1. The van der Waals surface area contributed by atoms with Crippen molar-refractivity contribution in [2.24, 2.45) is 0 Å².